The average Bonchev–Trinajstić information content (AvgIpc) is 2.40. The van der Waals surface area contributed by atoms with Gasteiger partial charge in [-0.3, -0.25) is 4.90 Å². The molecule has 0 N–H and O–H groups in total. The third-order valence-corrected chi connectivity index (χ3v) is 2.07. The van der Waals surface area contributed by atoms with Gasteiger partial charge in [-0.15, -0.1) is 0 Å². The van der Waals surface area contributed by atoms with Crippen LogP contribution in [-0.2, 0) is 4.79 Å². The molecule has 1 fully saturated rings. The fourth-order valence-electron chi connectivity index (χ4n) is 1.44. The van der Waals surface area contributed by atoms with E-state index in [1.807, 2.05) is 11.8 Å². The van der Waals surface area contributed by atoms with Gasteiger partial charge in [0.15, 0.2) is 0 Å². The smallest absolute Gasteiger partial charge is 0.0651 e. The molecule has 1 aliphatic heterocycles. The highest BCUT2D eigenvalue weighted by Gasteiger charge is 2.44. The largest absolute Gasteiger partial charge is 0.548 e. The third kappa shape index (κ3) is 1.71. The molecule has 0 saturated carbocycles. The Hall–Kier alpha value is -0.570. The molecule has 3 nitrogen and oxygen atoms in total. The van der Waals surface area contributed by atoms with Crippen molar-refractivity contribution in [3.05, 3.63) is 0 Å². The van der Waals surface area contributed by atoms with E-state index in [9.17, 15) is 9.90 Å². The van der Waals surface area contributed by atoms with E-state index < -0.39 is 5.97 Å². The van der Waals surface area contributed by atoms with Crippen molar-refractivity contribution >= 4 is 5.97 Å². The zero-order chi connectivity index (χ0) is 8.59. The molecule has 1 unspecified atom stereocenters. The van der Waals surface area contributed by atoms with Gasteiger partial charge in [-0.25, -0.2) is 0 Å². The molecule has 3 atom stereocenters. The zero-order valence-corrected chi connectivity index (χ0v) is 7.20. The SMILES string of the molecule is CC(C)CN1[C@H](C(=O)[O-])[C@@H]1C. The number of carboxylic acid groups (broad SMARTS) is 1. The summed E-state index contributed by atoms with van der Waals surface area (Å²) in [5.41, 5.74) is 0. The lowest BCUT2D eigenvalue weighted by atomic mass is 10.2. The molecule has 0 spiro atoms. The highest BCUT2D eigenvalue weighted by atomic mass is 16.4. The topological polar surface area (TPSA) is 43.1 Å². The van der Waals surface area contributed by atoms with Crippen LogP contribution in [0.2, 0.25) is 0 Å². The second kappa shape index (κ2) is 2.81. The summed E-state index contributed by atoms with van der Waals surface area (Å²) in [6, 6.07) is -0.139. The van der Waals surface area contributed by atoms with Crippen LogP contribution in [0.4, 0.5) is 0 Å². The van der Waals surface area contributed by atoms with Gasteiger partial charge in [0.2, 0.25) is 0 Å². The first-order valence-electron chi connectivity index (χ1n) is 4.00. The van der Waals surface area contributed by atoms with Crippen molar-refractivity contribution in [2.75, 3.05) is 6.54 Å². The maximum absolute atomic E-state index is 10.4. The molecular weight excluding hydrogens is 142 g/mol. The van der Waals surface area contributed by atoms with Crippen molar-refractivity contribution in [3.8, 4) is 0 Å². The van der Waals surface area contributed by atoms with Gasteiger partial charge >= 0.3 is 0 Å². The first-order valence-corrected chi connectivity index (χ1v) is 4.00. The van der Waals surface area contributed by atoms with Gasteiger partial charge in [0.05, 0.1) is 12.0 Å². The standard InChI is InChI=1S/C8H15NO2/c1-5(2)4-9-6(3)7(9)8(10)11/h5-7H,4H2,1-3H3,(H,10,11)/p-1/t6-,7-,9?/m0/s1. The summed E-state index contributed by atoms with van der Waals surface area (Å²) in [7, 11) is 0. The van der Waals surface area contributed by atoms with Gasteiger partial charge in [0.25, 0.3) is 0 Å². The summed E-state index contributed by atoms with van der Waals surface area (Å²) in [4.78, 5) is 12.4. The minimum atomic E-state index is -0.932. The molecule has 11 heavy (non-hydrogen) atoms. The summed E-state index contributed by atoms with van der Waals surface area (Å²) >= 11 is 0. The van der Waals surface area contributed by atoms with Crippen LogP contribution in [0, 0.1) is 5.92 Å². The van der Waals surface area contributed by atoms with Crippen LogP contribution in [-0.4, -0.2) is 29.5 Å². The van der Waals surface area contributed by atoms with Crippen LogP contribution in [0.25, 0.3) is 0 Å². The predicted octanol–water partition coefficient (Wildman–Crippen LogP) is -0.535. The Balaban J connectivity index is 2.36. The Morgan fingerprint density at radius 2 is 2.18 bits per heavy atom. The van der Waals surface area contributed by atoms with Crippen molar-refractivity contribution in [2.45, 2.75) is 32.9 Å². The van der Waals surface area contributed by atoms with Crippen LogP contribution in [0.3, 0.4) is 0 Å². The molecule has 3 heteroatoms. The van der Waals surface area contributed by atoms with E-state index in [-0.39, 0.29) is 12.1 Å². The summed E-state index contributed by atoms with van der Waals surface area (Å²) in [5.74, 6) is -0.403. The summed E-state index contributed by atoms with van der Waals surface area (Å²) in [5, 5.41) is 10.4. The zero-order valence-electron chi connectivity index (χ0n) is 7.20. The molecule has 1 aliphatic rings. The second-order valence-electron chi connectivity index (χ2n) is 3.60. The van der Waals surface area contributed by atoms with Crippen LogP contribution >= 0.6 is 0 Å². The van der Waals surface area contributed by atoms with Gasteiger partial charge in [-0.2, -0.15) is 0 Å². The predicted molar refractivity (Wildman–Crippen MR) is 39.8 cm³/mol. The number of hydrogen-bond acceptors (Lipinski definition) is 3. The van der Waals surface area contributed by atoms with E-state index in [4.69, 9.17) is 0 Å². The number of aliphatic carboxylic acids is 1. The minimum absolute atomic E-state index is 0.183. The van der Waals surface area contributed by atoms with Gasteiger partial charge in [-0.05, 0) is 12.8 Å². The highest BCUT2D eigenvalue weighted by molar-refractivity contribution is 5.75. The van der Waals surface area contributed by atoms with Gasteiger partial charge < -0.3 is 9.90 Å². The quantitative estimate of drug-likeness (QED) is 0.516. The van der Waals surface area contributed by atoms with Crippen LogP contribution < -0.4 is 5.11 Å². The van der Waals surface area contributed by atoms with E-state index in [1.54, 1.807) is 0 Å². The lowest BCUT2D eigenvalue weighted by Crippen LogP contribution is -2.31. The monoisotopic (exact) mass is 156 g/mol. The molecule has 0 aromatic rings. The number of carbonyl (C=O) groups is 1. The number of hydrogen-bond donors (Lipinski definition) is 0. The molecule has 0 aromatic heterocycles. The molecule has 0 amide bonds. The third-order valence-electron chi connectivity index (χ3n) is 2.07. The summed E-state index contributed by atoms with van der Waals surface area (Å²) < 4.78 is 0. The first kappa shape index (κ1) is 8.53. The van der Waals surface area contributed by atoms with E-state index in [0.29, 0.717) is 5.92 Å². The number of nitrogens with zero attached hydrogens (tertiary/aromatic N) is 1. The lowest BCUT2D eigenvalue weighted by molar-refractivity contribution is -0.305. The first-order chi connectivity index (χ1) is 5.04. The second-order valence-corrected chi connectivity index (χ2v) is 3.60. The van der Waals surface area contributed by atoms with Crippen LogP contribution in [0.1, 0.15) is 20.8 Å². The van der Waals surface area contributed by atoms with Gasteiger partial charge in [-0.1, -0.05) is 13.8 Å². The van der Waals surface area contributed by atoms with E-state index >= 15 is 0 Å². The highest BCUT2D eigenvalue weighted by Crippen LogP contribution is 2.27. The van der Waals surface area contributed by atoms with Crippen LogP contribution in [0.15, 0.2) is 0 Å². The Kier molecular flexibility index (Phi) is 2.18. The molecule has 0 aromatic carbocycles. The van der Waals surface area contributed by atoms with Crippen LogP contribution in [0.5, 0.6) is 0 Å². The molecule has 1 saturated heterocycles. The number of carboxylic acids is 1. The molecule has 1 heterocycles. The Labute approximate surface area is 67.0 Å². The molecule has 0 bridgehead atoms. The number of carbonyl (C=O) groups excluding carboxylic acids is 1. The van der Waals surface area contributed by atoms with E-state index in [2.05, 4.69) is 13.8 Å². The summed E-state index contributed by atoms with van der Waals surface area (Å²) in [6.45, 7) is 6.94. The Morgan fingerprint density at radius 3 is 2.45 bits per heavy atom. The van der Waals surface area contributed by atoms with Gasteiger partial charge in [0, 0.05) is 12.6 Å². The lowest BCUT2D eigenvalue weighted by Gasteiger charge is -2.06. The minimum Gasteiger partial charge on any atom is -0.548 e. The Morgan fingerprint density at radius 1 is 1.64 bits per heavy atom. The molecule has 1 rings (SSSR count). The van der Waals surface area contributed by atoms with Crippen molar-refractivity contribution < 1.29 is 9.90 Å². The number of rotatable bonds is 3. The van der Waals surface area contributed by atoms with Crippen molar-refractivity contribution in [2.24, 2.45) is 5.92 Å². The van der Waals surface area contributed by atoms with E-state index in [1.165, 1.54) is 0 Å². The van der Waals surface area contributed by atoms with E-state index in [0.717, 1.165) is 6.54 Å². The van der Waals surface area contributed by atoms with Gasteiger partial charge in [0.1, 0.15) is 0 Å². The summed E-state index contributed by atoms with van der Waals surface area (Å²) in [6.07, 6.45) is 0. The molecule has 0 radical (unpaired) electrons. The molecule has 64 valence electrons. The normalized spacial score (nSPS) is 35.8. The van der Waals surface area contributed by atoms with Crippen molar-refractivity contribution in [1.29, 1.82) is 0 Å². The molecular formula is C8H14NO2-. The fraction of sp³-hybridized carbons (Fsp3) is 0.875. The maximum atomic E-state index is 10.4. The van der Waals surface area contributed by atoms with Crippen molar-refractivity contribution in [1.82, 2.24) is 4.90 Å². The Bertz CT molecular complexity index is 167. The van der Waals surface area contributed by atoms with Crippen molar-refractivity contribution in [3.63, 3.8) is 0 Å². The maximum Gasteiger partial charge on any atom is 0.0651 e. The molecule has 0 aliphatic carbocycles. The fourth-order valence-corrected chi connectivity index (χ4v) is 1.44. The average molecular weight is 156 g/mol.